The molecule has 0 bridgehead atoms. The van der Waals surface area contributed by atoms with Gasteiger partial charge in [0, 0.05) is 6.07 Å². The first-order valence-electron chi connectivity index (χ1n) is 8.81. The van der Waals surface area contributed by atoms with Gasteiger partial charge in [-0.25, -0.2) is 0 Å². The van der Waals surface area contributed by atoms with E-state index in [0.29, 0.717) is 0 Å². The molecule has 2 aromatic rings. The van der Waals surface area contributed by atoms with E-state index in [4.69, 9.17) is 9.47 Å². The van der Waals surface area contributed by atoms with Gasteiger partial charge in [0.1, 0.15) is 17.2 Å². The van der Waals surface area contributed by atoms with Crippen LogP contribution in [0, 0.1) is 0 Å². The van der Waals surface area contributed by atoms with Gasteiger partial charge in [0.05, 0.1) is 6.61 Å². The van der Waals surface area contributed by atoms with Crippen molar-refractivity contribution in [2.75, 3.05) is 12.4 Å². The fourth-order valence-electron chi connectivity index (χ4n) is 2.32. The monoisotopic (exact) mass is 344 g/mol. The molecule has 3 heteroatoms. The quantitative estimate of drug-likeness (QED) is 0.430. The highest BCUT2D eigenvalue weighted by Crippen LogP contribution is 2.25. The van der Waals surface area contributed by atoms with E-state index >= 15 is 0 Å². The Labute approximate surface area is 150 Å². The molecular formula is C21H28O2S. The van der Waals surface area contributed by atoms with E-state index in [-0.39, 0.29) is 0 Å². The Bertz CT molecular complexity index is 569. The van der Waals surface area contributed by atoms with Crippen molar-refractivity contribution in [3.63, 3.8) is 0 Å². The highest BCUT2D eigenvalue weighted by atomic mass is 32.2. The summed E-state index contributed by atoms with van der Waals surface area (Å²) in [5.41, 5.74) is 0. The summed E-state index contributed by atoms with van der Waals surface area (Å²) in [6, 6.07) is 17.7. The molecule has 0 atom stereocenters. The van der Waals surface area contributed by atoms with Crippen LogP contribution in [0.15, 0.2) is 54.6 Å². The van der Waals surface area contributed by atoms with E-state index in [2.05, 4.69) is 13.8 Å². The third-order valence-electron chi connectivity index (χ3n) is 3.54. The van der Waals surface area contributed by atoms with E-state index in [9.17, 15) is 0 Å². The maximum Gasteiger partial charge on any atom is 0.131 e. The molecule has 0 aliphatic rings. The molecular weight excluding hydrogens is 316 g/mol. The van der Waals surface area contributed by atoms with E-state index < -0.39 is 0 Å². The summed E-state index contributed by atoms with van der Waals surface area (Å²) >= 11 is 2.05. The van der Waals surface area contributed by atoms with Crippen molar-refractivity contribution in [1.29, 1.82) is 0 Å². The second-order valence-corrected chi connectivity index (χ2v) is 7.76. The SMILES string of the molecule is CC(C)SCCCCCCOc1cccc(Oc2ccccc2)c1. The molecule has 2 nitrogen and oxygen atoms in total. The Hall–Kier alpha value is -1.61. The number of para-hydroxylation sites is 1. The minimum Gasteiger partial charge on any atom is -0.493 e. The van der Waals surface area contributed by atoms with Crippen LogP contribution >= 0.6 is 11.8 Å². The summed E-state index contributed by atoms with van der Waals surface area (Å²) in [7, 11) is 0. The van der Waals surface area contributed by atoms with Crippen LogP contribution in [-0.2, 0) is 0 Å². The predicted molar refractivity (Wildman–Crippen MR) is 105 cm³/mol. The zero-order valence-corrected chi connectivity index (χ0v) is 15.6. The molecule has 0 saturated carbocycles. The summed E-state index contributed by atoms with van der Waals surface area (Å²) in [5.74, 6) is 3.80. The Morgan fingerprint density at radius 1 is 0.792 bits per heavy atom. The van der Waals surface area contributed by atoms with E-state index in [0.717, 1.165) is 35.5 Å². The van der Waals surface area contributed by atoms with Crippen molar-refractivity contribution in [2.24, 2.45) is 0 Å². The Morgan fingerprint density at radius 2 is 1.50 bits per heavy atom. The molecule has 0 aliphatic heterocycles. The minimum absolute atomic E-state index is 0.749. The van der Waals surface area contributed by atoms with Crippen molar-refractivity contribution in [3.05, 3.63) is 54.6 Å². The maximum absolute atomic E-state index is 5.84. The fourth-order valence-corrected chi connectivity index (χ4v) is 3.16. The summed E-state index contributed by atoms with van der Waals surface area (Å²) < 4.78 is 11.7. The van der Waals surface area contributed by atoms with E-state index in [1.807, 2.05) is 66.4 Å². The van der Waals surface area contributed by atoms with E-state index in [1.54, 1.807) is 0 Å². The Morgan fingerprint density at radius 3 is 2.29 bits per heavy atom. The van der Waals surface area contributed by atoms with Gasteiger partial charge in [0.2, 0.25) is 0 Å². The number of unbranched alkanes of at least 4 members (excludes halogenated alkanes) is 3. The van der Waals surface area contributed by atoms with Crippen LogP contribution in [0.25, 0.3) is 0 Å². The summed E-state index contributed by atoms with van der Waals surface area (Å²) in [4.78, 5) is 0. The largest absolute Gasteiger partial charge is 0.493 e. The summed E-state index contributed by atoms with van der Waals surface area (Å²) in [6.45, 7) is 5.29. The average molecular weight is 345 g/mol. The van der Waals surface area contributed by atoms with Gasteiger partial charge in [-0.15, -0.1) is 0 Å². The third kappa shape index (κ3) is 7.78. The zero-order chi connectivity index (χ0) is 17.0. The lowest BCUT2D eigenvalue weighted by Crippen LogP contribution is -1.98. The normalized spacial score (nSPS) is 10.8. The van der Waals surface area contributed by atoms with Gasteiger partial charge < -0.3 is 9.47 Å². The number of hydrogen-bond donors (Lipinski definition) is 0. The molecule has 0 spiro atoms. The lowest BCUT2D eigenvalue weighted by molar-refractivity contribution is 0.304. The van der Waals surface area contributed by atoms with Crippen LogP contribution in [-0.4, -0.2) is 17.6 Å². The first-order chi connectivity index (χ1) is 11.7. The van der Waals surface area contributed by atoms with Crippen molar-refractivity contribution < 1.29 is 9.47 Å². The van der Waals surface area contributed by atoms with Gasteiger partial charge in [0.25, 0.3) is 0 Å². The van der Waals surface area contributed by atoms with Crippen molar-refractivity contribution in [1.82, 2.24) is 0 Å². The van der Waals surface area contributed by atoms with E-state index in [1.165, 1.54) is 25.0 Å². The molecule has 0 unspecified atom stereocenters. The molecule has 0 aromatic heterocycles. The van der Waals surface area contributed by atoms with Crippen molar-refractivity contribution in [2.45, 2.75) is 44.8 Å². The van der Waals surface area contributed by atoms with Crippen LogP contribution < -0.4 is 9.47 Å². The molecule has 0 N–H and O–H groups in total. The third-order valence-corrected chi connectivity index (χ3v) is 4.73. The highest BCUT2D eigenvalue weighted by Gasteiger charge is 2.00. The molecule has 2 rings (SSSR count). The molecule has 0 heterocycles. The van der Waals surface area contributed by atoms with Gasteiger partial charge in [-0.1, -0.05) is 51.0 Å². The molecule has 0 fully saturated rings. The molecule has 2 aromatic carbocycles. The van der Waals surface area contributed by atoms with Crippen molar-refractivity contribution >= 4 is 11.8 Å². The van der Waals surface area contributed by atoms with Crippen LogP contribution in [0.4, 0.5) is 0 Å². The van der Waals surface area contributed by atoms with Gasteiger partial charge in [-0.2, -0.15) is 11.8 Å². The number of ether oxygens (including phenoxy) is 2. The molecule has 130 valence electrons. The smallest absolute Gasteiger partial charge is 0.131 e. The first kappa shape index (κ1) is 18.7. The van der Waals surface area contributed by atoms with Gasteiger partial charge in [-0.3, -0.25) is 0 Å². The average Bonchev–Trinajstić information content (AvgIpc) is 2.58. The number of hydrogen-bond acceptors (Lipinski definition) is 3. The van der Waals surface area contributed by atoms with Crippen molar-refractivity contribution in [3.8, 4) is 17.2 Å². The minimum atomic E-state index is 0.749. The number of thioether (sulfide) groups is 1. The molecule has 0 amide bonds. The molecule has 0 aliphatic carbocycles. The topological polar surface area (TPSA) is 18.5 Å². The maximum atomic E-state index is 5.84. The number of benzene rings is 2. The van der Waals surface area contributed by atoms with Crippen LogP contribution in [0.5, 0.6) is 17.2 Å². The van der Waals surface area contributed by atoms with Gasteiger partial charge in [0.15, 0.2) is 0 Å². The Balaban J connectivity index is 1.64. The Kier molecular flexibility index (Phi) is 8.61. The summed E-state index contributed by atoms with van der Waals surface area (Å²) in [6.07, 6.45) is 4.94. The van der Waals surface area contributed by atoms with Gasteiger partial charge >= 0.3 is 0 Å². The summed E-state index contributed by atoms with van der Waals surface area (Å²) in [5, 5.41) is 0.749. The lowest BCUT2D eigenvalue weighted by atomic mass is 10.2. The van der Waals surface area contributed by atoms with Crippen LogP contribution in [0.2, 0.25) is 0 Å². The highest BCUT2D eigenvalue weighted by molar-refractivity contribution is 7.99. The van der Waals surface area contributed by atoms with Crippen LogP contribution in [0.1, 0.15) is 39.5 Å². The molecule has 0 saturated heterocycles. The zero-order valence-electron chi connectivity index (χ0n) is 14.7. The fraction of sp³-hybridized carbons (Fsp3) is 0.429. The first-order valence-corrected chi connectivity index (χ1v) is 9.86. The molecule has 0 radical (unpaired) electrons. The predicted octanol–water partition coefficient (Wildman–Crippen LogP) is 6.56. The standard InChI is InChI=1S/C21H28O2S/c1-18(2)24-16-9-4-3-8-15-22-20-13-10-14-21(17-20)23-19-11-6-5-7-12-19/h5-7,10-14,17-18H,3-4,8-9,15-16H2,1-2H3. The van der Waals surface area contributed by atoms with Gasteiger partial charge in [-0.05, 0) is 48.1 Å². The number of rotatable bonds is 11. The van der Waals surface area contributed by atoms with Crippen LogP contribution in [0.3, 0.4) is 0 Å². The lowest BCUT2D eigenvalue weighted by Gasteiger charge is -2.09. The second kappa shape index (κ2) is 11.0. The molecule has 24 heavy (non-hydrogen) atoms. The second-order valence-electron chi connectivity index (χ2n) is 6.07.